The third-order valence-corrected chi connectivity index (χ3v) is 7.18. The third kappa shape index (κ3) is 4.28. The summed E-state index contributed by atoms with van der Waals surface area (Å²) >= 11 is 0. The Bertz CT molecular complexity index is 1460. The number of hydrogen-bond donors (Lipinski definition) is 4. The molecule has 0 atom stereocenters. The van der Waals surface area contributed by atoms with Crippen LogP contribution in [-0.2, 0) is 16.4 Å². The van der Waals surface area contributed by atoms with Crippen LogP contribution in [0.25, 0.3) is 0 Å². The van der Waals surface area contributed by atoms with E-state index in [-0.39, 0.29) is 9.79 Å². The van der Waals surface area contributed by atoms with Crippen molar-refractivity contribution >= 4 is 44.3 Å². The van der Waals surface area contributed by atoms with Crippen LogP contribution in [-0.4, -0.2) is 19.4 Å². The van der Waals surface area contributed by atoms with Gasteiger partial charge in [-0.15, -0.1) is 0 Å². The van der Waals surface area contributed by atoms with Crippen LogP contribution in [0.3, 0.4) is 0 Å². The molecule has 1 aliphatic heterocycles. The van der Waals surface area contributed by atoms with Gasteiger partial charge >= 0.3 is 6.03 Å². The van der Waals surface area contributed by atoms with E-state index in [0.29, 0.717) is 23.6 Å². The van der Waals surface area contributed by atoms with Crippen molar-refractivity contribution in [1.29, 1.82) is 0 Å². The molecule has 34 heavy (non-hydrogen) atoms. The SMILES string of the molecule is O=C(NCc1cccnc1)Nc1ccc(S(=O)(=O)c2cccc3c2Nc2ccccc2N3)cc1. The molecule has 1 aromatic heterocycles. The van der Waals surface area contributed by atoms with Crippen molar-refractivity contribution in [3.05, 3.63) is 96.8 Å². The van der Waals surface area contributed by atoms with E-state index >= 15 is 0 Å². The molecule has 0 fully saturated rings. The van der Waals surface area contributed by atoms with Gasteiger partial charge in [0.05, 0.1) is 32.5 Å². The number of nitrogens with zero attached hydrogens (tertiary/aromatic N) is 1. The Hall–Kier alpha value is -4.37. The van der Waals surface area contributed by atoms with E-state index in [1.165, 1.54) is 12.1 Å². The van der Waals surface area contributed by atoms with Gasteiger partial charge in [0.2, 0.25) is 9.84 Å². The zero-order valence-corrected chi connectivity index (χ0v) is 18.8. The second kappa shape index (κ2) is 8.87. The summed E-state index contributed by atoms with van der Waals surface area (Å²) in [5.41, 5.74) is 4.21. The number of amides is 2. The van der Waals surface area contributed by atoms with Crippen molar-refractivity contribution in [2.75, 3.05) is 16.0 Å². The maximum atomic E-state index is 13.4. The highest BCUT2D eigenvalue weighted by atomic mass is 32.2. The Morgan fingerprint density at radius 1 is 0.824 bits per heavy atom. The Balaban J connectivity index is 1.32. The second-order valence-electron chi connectivity index (χ2n) is 7.67. The molecule has 1 aliphatic rings. The van der Waals surface area contributed by atoms with Crippen LogP contribution in [0, 0.1) is 0 Å². The van der Waals surface area contributed by atoms with Gasteiger partial charge < -0.3 is 21.3 Å². The normalized spacial score (nSPS) is 11.9. The number of carbonyl (C=O) groups is 1. The van der Waals surface area contributed by atoms with Crippen LogP contribution in [0.5, 0.6) is 0 Å². The standard InChI is InChI=1S/C25H21N5O3S/c31-25(27-16-17-5-4-14-26-15-17)28-18-10-12-19(13-11-18)34(32,33)23-9-3-8-22-24(23)30-21-7-2-1-6-20(21)29-22/h1-15,29-30H,16H2,(H2,27,28,31). The van der Waals surface area contributed by atoms with Crippen molar-refractivity contribution in [2.24, 2.45) is 0 Å². The van der Waals surface area contributed by atoms with E-state index in [9.17, 15) is 13.2 Å². The van der Waals surface area contributed by atoms with Gasteiger partial charge in [0.25, 0.3) is 0 Å². The molecule has 0 spiro atoms. The first kappa shape index (κ1) is 21.5. The molecule has 2 amide bonds. The van der Waals surface area contributed by atoms with Crippen LogP contribution < -0.4 is 21.3 Å². The molecule has 0 unspecified atom stereocenters. The lowest BCUT2D eigenvalue weighted by Gasteiger charge is -2.25. The van der Waals surface area contributed by atoms with Crippen LogP contribution in [0.15, 0.2) is 101 Å². The van der Waals surface area contributed by atoms with Crippen LogP contribution in [0.2, 0.25) is 0 Å². The number of pyridine rings is 1. The number of sulfone groups is 1. The number of aromatic nitrogens is 1. The molecule has 9 heteroatoms. The van der Waals surface area contributed by atoms with Crippen LogP contribution in [0.1, 0.15) is 5.56 Å². The number of rotatable bonds is 5. The molecule has 5 rings (SSSR count). The first-order valence-corrected chi connectivity index (χ1v) is 12.0. The quantitative estimate of drug-likeness (QED) is 0.286. The topological polar surface area (TPSA) is 112 Å². The van der Waals surface area contributed by atoms with Crippen molar-refractivity contribution in [3.8, 4) is 0 Å². The number of para-hydroxylation sites is 3. The number of carbonyl (C=O) groups excluding carboxylic acids is 1. The second-order valence-corrected chi connectivity index (χ2v) is 9.59. The van der Waals surface area contributed by atoms with Gasteiger partial charge in [-0.3, -0.25) is 4.98 Å². The van der Waals surface area contributed by atoms with E-state index in [4.69, 9.17) is 0 Å². The molecular formula is C25H21N5O3S. The summed E-state index contributed by atoms with van der Waals surface area (Å²) in [7, 11) is -3.81. The maximum absolute atomic E-state index is 13.4. The lowest BCUT2D eigenvalue weighted by Crippen LogP contribution is -2.28. The van der Waals surface area contributed by atoms with Gasteiger partial charge in [0.15, 0.2) is 0 Å². The highest BCUT2D eigenvalue weighted by Gasteiger charge is 2.26. The van der Waals surface area contributed by atoms with Gasteiger partial charge in [0.1, 0.15) is 0 Å². The Labute approximate surface area is 197 Å². The van der Waals surface area contributed by atoms with E-state index in [1.807, 2.05) is 36.4 Å². The summed E-state index contributed by atoms with van der Waals surface area (Å²) in [6, 6.07) is 22.1. The average Bonchev–Trinajstić information content (AvgIpc) is 2.87. The van der Waals surface area contributed by atoms with E-state index in [0.717, 1.165) is 16.9 Å². The molecule has 0 radical (unpaired) electrons. The van der Waals surface area contributed by atoms with Crippen molar-refractivity contribution in [3.63, 3.8) is 0 Å². The molecular weight excluding hydrogens is 450 g/mol. The van der Waals surface area contributed by atoms with Gasteiger partial charge in [-0.1, -0.05) is 24.3 Å². The van der Waals surface area contributed by atoms with Gasteiger partial charge in [-0.2, -0.15) is 0 Å². The Morgan fingerprint density at radius 2 is 1.56 bits per heavy atom. The molecule has 0 saturated heterocycles. The third-order valence-electron chi connectivity index (χ3n) is 5.37. The average molecular weight is 472 g/mol. The Kier molecular flexibility index (Phi) is 5.60. The Morgan fingerprint density at radius 3 is 2.29 bits per heavy atom. The lowest BCUT2D eigenvalue weighted by molar-refractivity contribution is 0.251. The minimum atomic E-state index is -3.81. The molecule has 0 aliphatic carbocycles. The highest BCUT2D eigenvalue weighted by molar-refractivity contribution is 7.91. The minimum absolute atomic E-state index is 0.128. The predicted molar refractivity (Wildman–Crippen MR) is 131 cm³/mol. The predicted octanol–water partition coefficient (Wildman–Crippen LogP) is 5.04. The van der Waals surface area contributed by atoms with Gasteiger partial charge in [-0.25, -0.2) is 13.2 Å². The number of benzene rings is 3. The fraction of sp³-hybridized carbons (Fsp3) is 0.0400. The molecule has 4 aromatic rings. The lowest BCUT2D eigenvalue weighted by atomic mass is 10.1. The summed E-state index contributed by atoms with van der Waals surface area (Å²) in [6.45, 7) is 0.329. The van der Waals surface area contributed by atoms with Crippen LogP contribution in [0.4, 0.5) is 33.2 Å². The minimum Gasteiger partial charge on any atom is -0.352 e. The van der Waals surface area contributed by atoms with Crippen molar-refractivity contribution < 1.29 is 13.2 Å². The number of fused-ring (bicyclic) bond motifs is 2. The first-order chi connectivity index (χ1) is 16.5. The summed E-state index contributed by atoms with van der Waals surface area (Å²) < 4.78 is 26.9. The largest absolute Gasteiger partial charge is 0.352 e. The number of urea groups is 1. The summed E-state index contributed by atoms with van der Waals surface area (Å²) in [4.78, 5) is 16.5. The van der Waals surface area contributed by atoms with Gasteiger partial charge in [0, 0.05) is 24.6 Å². The first-order valence-electron chi connectivity index (χ1n) is 10.6. The molecule has 3 aromatic carbocycles. The smallest absolute Gasteiger partial charge is 0.319 e. The van der Waals surface area contributed by atoms with E-state index in [1.54, 1.807) is 42.7 Å². The molecule has 2 heterocycles. The summed E-state index contributed by atoms with van der Waals surface area (Å²) in [5, 5.41) is 12.0. The van der Waals surface area contributed by atoms with E-state index in [2.05, 4.69) is 26.3 Å². The zero-order chi connectivity index (χ0) is 23.5. The maximum Gasteiger partial charge on any atom is 0.319 e. The zero-order valence-electron chi connectivity index (χ0n) is 17.9. The van der Waals surface area contributed by atoms with Crippen LogP contribution >= 0.6 is 0 Å². The number of hydrogen-bond acceptors (Lipinski definition) is 6. The van der Waals surface area contributed by atoms with E-state index < -0.39 is 15.9 Å². The monoisotopic (exact) mass is 471 g/mol. The number of nitrogens with one attached hydrogen (secondary N) is 4. The fourth-order valence-electron chi connectivity index (χ4n) is 3.67. The van der Waals surface area contributed by atoms with Crippen molar-refractivity contribution in [1.82, 2.24) is 10.3 Å². The summed E-state index contributed by atoms with van der Waals surface area (Å²) in [5.74, 6) is 0. The van der Waals surface area contributed by atoms with Crippen molar-refractivity contribution in [2.45, 2.75) is 16.3 Å². The highest BCUT2D eigenvalue weighted by Crippen LogP contribution is 2.42. The molecule has 8 nitrogen and oxygen atoms in total. The fourth-order valence-corrected chi connectivity index (χ4v) is 5.11. The molecule has 170 valence electrons. The molecule has 0 saturated carbocycles. The molecule has 0 bridgehead atoms. The van der Waals surface area contributed by atoms with Gasteiger partial charge in [-0.05, 0) is 60.2 Å². The molecule has 4 N–H and O–H groups in total. The number of anilines is 5. The summed E-state index contributed by atoms with van der Waals surface area (Å²) in [6.07, 6.45) is 3.33.